The summed E-state index contributed by atoms with van der Waals surface area (Å²) in [6.45, 7) is 3.27. The van der Waals surface area contributed by atoms with Gasteiger partial charge in [0.1, 0.15) is 0 Å². The second kappa shape index (κ2) is 4.95. The molecule has 1 nitrogen and oxygen atoms in total. The molecular formula is C13H17Cl2N. The van der Waals surface area contributed by atoms with Crippen molar-refractivity contribution >= 4 is 23.2 Å². The summed E-state index contributed by atoms with van der Waals surface area (Å²) in [5.41, 5.74) is 1.10. The molecule has 1 aromatic rings. The molecule has 1 aliphatic rings. The standard InChI is InChI=1S/C13H17Cl2N/c1-13(8-3-2-4-9-16-13)10-6-5-7-11(14)12(10)15/h5-7,16H,2-4,8-9H2,1H3. The molecule has 0 aromatic heterocycles. The molecule has 1 fully saturated rings. The second-order valence-electron chi connectivity index (χ2n) is 4.67. The largest absolute Gasteiger partial charge is 0.308 e. The summed E-state index contributed by atoms with van der Waals surface area (Å²) in [6, 6.07) is 5.89. The third-order valence-corrected chi connectivity index (χ3v) is 4.23. The molecule has 3 heteroatoms. The Bertz CT molecular complexity index is 368. The molecule has 1 N–H and O–H groups in total. The predicted octanol–water partition coefficient (Wildman–Crippen LogP) is 4.37. The van der Waals surface area contributed by atoms with Gasteiger partial charge in [-0.05, 0) is 37.9 Å². The Hall–Kier alpha value is -0.240. The van der Waals surface area contributed by atoms with Gasteiger partial charge in [0.15, 0.2) is 0 Å². The van der Waals surface area contributed by atoms with Crippen LogP contribution in [0.3, 0.4) is 0 Å². The molecule has 1 aromatic carbocycles. The first-order valence-corrected chi connectivity index (χ1v) is 6.59. The monoisotopic (exact) mass is 257 g/mol. The predicted molar refractivity (Wildman–Crippen MR) is 70.3 cm³/mol. The Morgan fingerprint density at radius 1 is 1.19 bits per heavy atom. The molecule has 1 atom stereocenters. The molecule has 1 aliphatic heterocycles. The summed E-state index contributed by atoms with van der Waals surface area (Å²) in [7, 11) is 0. The first kappa shape index (κ1) is 12.2. The van der Waals surface area contributed by atoms with E-state index in [0.717, 1.165) is 18.5 Å². The van der Waals surface area contributed by atoms with Crippen molar-refractivity contribution in [2.24, 2.45) is 0 Å². The minimum atomic E-state index is -0.0293. The van der Waals surface area contributed by atoms with Gasteiger partial charge in [-0.25, -0.2) is 0 Å². The van der Waals surface area contributed by atoms with Crippen LogP contribution in [0.25, 0.3) is 0 Å². The third kappa shape index (κ3) is 2.37. The minimum absolute atomic E-state index is 0.0293. The van der Waals surface area contributed by atoms with Gasteiger partial charge in [0.05, 0.1) is 10.0 Å². The van der Waals surface area contributed by atoms with Crippen molar-refractivity contribution in [3.05, 3.63) is 33.8 Å². The zero-order valence-corrected chi connectivity index (χ0v) is 11.0. The van der Waals surface area contributed by atoms with Crippen LogP contribution in [0.2, 0.25) is 10.0 Å². The van der Waals surface area contributed by atoms with E-state index < -0.39 is 0 Å². The second-order valence-corrected chi connectivity index (χ2v) is 5.46. The maximum Gasteiger partial charge on any atom is 0.0642 e. The van der Waals surface area contributed by atoms with E-state index in [9.17, 15) is 0 Å². The highest BCUT2D eigenvalue weighted by Gasteiger charge is 2.29. The summed E-state index contributed by atoms with van der Waals surface area (Å²) in [5, 5.41) is 4.94. The van der Waals surface area contributed by atoms with Gasteiger partial charge in [-0.2, -0.15) is 0 Å². The Balaban J connectivity index is 2.37. The van der Waals surface area contributed by atoms with Gasteiger partial charge in [0, 0.05) is 5.54 Å². The average molecular weight is 258 g/mol. The molecule has 2 rings (SSSR count). The van der Waals surface area contributed by atoms with Crippen LogP contribution < -0.4 is 5.32 Å². The van der Waals surface area contributed by atoms with Crippen LogP contribution in [-0.2, 0) is 5.54 Å². The van der Waals surface area contributed by atoms with Crippen LogP contribution in [0.15, 0.2) is 18.2 Å². The SMILES string of the molecule is CC1(c2cccc(Cl)c2Cl)CCCCCN1. The average Bonchev–Trinajstić information content (AvgIpc) is 2.48. The molecule has 0 saturated carbocycles. The highest BCUT2D eigenvalue weighted by molar-refractivity contribution is 6.42. The highest BCUT2D eigenvalue weighted by atomic mass is 35.5. The van der Waals surface area contributed by atoms with E-state index in [4.69, 9.17) is 23.2 Å². The Morgan fingerprint density at radius 3 is 2.81 bits per heavy atom. The van der Waals surface area contributed by atoms with Crippen LogP contribution in [0.5, 0.6) is 0 Å². The van der Waals surface area contributed by atoms with Crippen molar-refractivity contribution in [3.63, 3.8) is 0 Å². The van der Waals surface area contributed by atoms with E-state index in [1.54, 1.807) is 0 Å². The zero-order chi connectivity index (χ0) is 11.6. The maximum atomic E-state index is 6.30. The normalized spacial score (nSPS) is 26.4. The summed E-state index contributed by atoms with van der Waals surface area (Å²) in [5.74, 6) is 0. The number of nitrogens with one attached hydrogen (secondary N) is 1. The molecule has 1 heterocycles. The number of halogens is 2. The number of hydrogen-bond acceptors (Lipinski definition) is 1. The van der Waals surface area contributed by atoms with Gasteiger partial charge in [0.25, 0.3) is 0 Å². The fourth-order valence-corrected chi connectivity index (χ4v) is 2.90. The maximum absolute atomic E-state index is 6.30. The minimum Gasteiger partial charge on any atom is -0.308 e. The van der Waals surface area contributed by atoms with E-state index in [1.807, 2.05) is 12.1 Å². The summed E-state index contributed by atoms with van der Waals surface area (Å²) < 4.78 is 0. The first-order valence-electron chi connectivity index (χ1n) is 5.83. The molecular weight excluding hydrogens is 241 g/mol. The lowest BCUT2D eigenvalue weighted by Gasteiger charge is -2.31. The molecule has 16 heavy (non-hydrogen) atoms. The van der Waals surface area contributed by atoms with Crippen LogP contribution in [0, 0.1) is 0 Å². The van der Waals surface area contributed by atoms with E-state index in [2.05, 4.69) is 18.3 Å². The molecule has 0 bridgehead atoms. The quantitative estimate of drug-likeness (QED) is 0.788. The molecule has 0 radical (unpaired) electrons. The first-order chi connectivity index (χ1) is 7.63. The number of benzene rings is 1. The van der Waals surface area contributed by atoms with Gasteiger partial charge in [-0.1, -0.05) is 48.2 Å². The van der Waals surface area contributed by atoms with Gasteiger partial charge in [-0.3, -0.25) is 0 Å². The van der Waals surface area contributed by atoms with Crippen LogP contribution in [0.4, 0.5) is 0 Å². The van der Waals surface area contributed by atoms with Gasteiger partial charge < -0.3 is 5.32 Å². The zero-order valence-electron chi connectivity index (χ0n) is 9.52. The Kier molecular flexibility index (Phi) is 3.78. The van der Waals surface area contributed by atoms with E-state index >= 15 is 0 Å². The summed E-state index contributed by atoms with van der Waals surface area (Å²) in [6.07, 6.45) is 4.90. The van der Waals surface area contributed by atoms with Gasteiger partial charge >= 0.3 is 0 Å². The molecule has 88 valence electrons. The van der Waals surface area contributed by atoms with E-state index in [-0.39, 0.29) is 5.54 Å². The van der Waals surface area contributed by atoms with Crippen molar-refractivity contribution in [1.82, 2.24) is 5.32 Å². The lowest BCUT2D eigenvalue weighted by atomic mass is 9.87. The summed E-state index contributed by atoms with van der Waals surface area (Å²) in [4.78, 5) is 0. The molecule has 1 unspecified atom stereocenters. The Morgan fingerprint density at radius 2 is 2.00 bits per heavy atom. The van der Waals surface area contributed by atoms with Crippen molar-refractivity contribution in [2.75, 3.05) is 6.54 Å². The topological polar surface area (TPSA) is 12.0 Å². The lowest BCUT2D eigenvalue weighted by Crippen LogP contribution is -2.39. The molecule has 1 saturated heterocycles. The van der Waals surface area contributed by atoms with Crippen LogP contribution in [0.1, 0.15) is 38.2 Å². The third-order valence-electron chi connectivity index (χ3n) is 3.41. The highest BCUT2D eigenvalue weighted by Crippen LogP contribution is 2.37. The van der Waals surface area contributed by atoms with E-state index in [1.165, 1.54) is 19.3 Å². The Labute approximate surface area is 107 Å². The van der Waals surface area contributed by atoms with Crippen molar-refractivity contribution in [1.29, 1.82) is 0 Å². The fraction of sp³-hybridized carbons (Fsp3) is 0.538. The fourth-order valence-electron chi connectivity index (χ4n) is 2.39. The molecule has 0 spiro atoms. The molecule has 0 amide bonds. The van der Waals surface area contributed by atoms with E-state index in [0.29, 0.717) is 10.0 Å². The van der Waals surface area contributed by atoms with Crippen molar-refractivity contribution in [3.8, 4) is 0 Å². The smallest absolute Gasteiger partial charge is 0.0642 e. The van der Waals surface area contributed by atoms with Gasteiger partial charge in [0.2, 0.25) is 0 Å². The lowest BCUT2D eigenvalue weighted by molar-refractivity contribution is 0.360. The van der Waals surface area contributed by atoms with Crippen molar-refractivity contribution < 1.29 is 0 Å². The van der Waals surface area contributed by atoms with Crippen LogP contribution >= 0.6 is 23.2 Å². The number of rotatable bonds is 1. The number of hydrogen-bond donors (Lipinski definition) is 1. The van der Waals surface area contributed by atoms with Crippen molar-refractivity contribution in [2.45, 2.75) is 38.1 Å². The summed E-state index contributed by atoms with van der Waals surface area (Å²) >= 11 is 12.4. The van der Waals surface area contributed by atoms with Crippen LogP contribution in [-0.4, -0.2) is 6.54 Å². The molecule has 0 aliphatic carbocycles. The van der Waals surface area contributed by atoms with Gasteiger partial charge in [-0.15, -0.1) is 0 Å².